The molecule has 0 saturated heterocycles. The number of ether oxygens (including phenoxy) is 1. The van der Waals surface area contributed by atoms with Crippen molar-refractivity contribution in [2.75, 3.05) is 7.11 Å². The van der Waals surface area contributed by atoms with Crippen LogP contribution in [0.15, 0.2) is 18.2 Å². The van der Waals surface area contributed by atoms with Crippen LogP contribution in [0.5, 0.6) is 5.75 Å². The zero-order chi connectivity index (χ0) is 13.3. The molecule has 2 rings (SSSR count). The van der Waals surface area contributed by atoms with E-state index in [2.05, 4.69) is 13.8 Å². The van der Waals surface area contributed by atoms with Gasteiger partial charge < -0.3 is 10.5 Å². The van der Waals surface area contributed by atoms with Crippen molar-refractivity contribution in [1.29, 1.82) is 0 Å². The summed E-state index contributed by atoms with van der Waals surface area (Å²) < 4.78 is 19.3. The molecule has 1 aromatic rings. The van der Waals surface area contributed by atoms with Gasteiger partial charge in [0.05, 0.1) is 7.11 Å². The predicted molar refractivity (Wildman–Crippen MR) is 71.3 cm³/mol. The third-order valence-electron chi connectivity index (χ3n) is 4.06. The van der Waals surface area contributed by atoms with E-state index in [1.807, 2.05) is 12.1 Å². The van der Waals surface area contributed by atoms with Crippen LogP contribution in [0.25, 0.3) is 0 Å². The zero-order valence-corrected chi connectivity index (χ0v) is 11.4. The quantitative estimate of drug-likeness (QED) is 0.873. The molecule has 1 aliphatic rings. The summed E-state index contributed by atoms with van der Waals surface area (Å²) in [5.41, 5.74) is 7.12. The summed E-state index contributed by atoms with van der Waals surface area (Å²) >= 11 is 0. The Hall–Kier alpha value is -1.09. The minimum absolute atomic E-state index is 0.0413. The van der Waals surface area contributed by atoms with Crippen molar-refractivity contribution in [2.45, 2.75) is 45.1 Å². The average molecular weight is 251 g/mol. The smallest absolute Gasteiger partial charge is 0.168 e. The van der Waals surface area contributed by atoms with Crippen LogP contribution in [0.1, 0.15) is 44.6 Å². The van der Waals surface area contributed by atoms with Gasteiger partial charge in [0, 0.05) is 12.0 Å². The van der Waals surface area contributed by atoms with Crippen LogP contribution in [-0.4, -0.2) is 13.2 Å². The minimum atomic E-state index is -0.252. The summed E-state index contributed by atoms with van der Waals surface area (Å²) in [6.45, 7) is 4.45. The van der Waals surface area contributed by atoms with E-state index in [4.69, 9.17) is 10.5 Å². The topological polar surface area (TPSA) is 35.2 Å². The molecule has 18 heavy (non-hydrogen) atoms. The van der Waals surface area contributed by atoms with Gasteiger partial charge in [0.15, 0.2) is 11.6 Å². The van der Waals surface area contributed by atoms with Gasteiger partial charge in [-0.3, -0.25) is 0 Å². The number of hydrogen-bond acceptors (Lipinski definition) is 2. The molecule has 1 fully saturated rings. The molecule has 2 unspecified atom stereocenters. The van der Waals surface area contributed by atoms with E-state index in [0.717, 1.165) is 19.3 Å². The molecule has 0 amide bonds. The highest BCUT2D eigenvalue weighted by molar-refractivity contribution is 5.34. The maximum Gasteiger partial charge on any atom is 0.168 e. The van der Waals surface area contributed by atoms with Crippen LogP contribution < -0.4 is 10.5 Å². The molecular formula is C15H22FNO. The van der Waals surface area contributed by atoms with Gasteiger partial charge in [-0.1, -0.05) is 26.0 Å². The lowest BCUT2D eigenvalue weighted by molar-refractivity contribution is 0.195. The summed E-state index contributed by atoms with van der Waals surface area (Å²) in [6, 6.07) is 5.37. The molecule has 0 bridgehead atoms. The molecule has 0 aliphatic heterocycles. The number of halogens is 1. The fourth-order valence-corrected chi connectivity index (χ4v) is 2.92. The van der Waals surface area contributed by atoms with Crippen LogP contribution in [-0.2, 0) is 0 Å². The van der Waals surface area contributed by atoms with Crippen LogP contribution in [0.4, 0.5) is 4.39 Å². The van der Waals surface area contributed by atoms with Crippen molar-refractivity contribution in [2.24, 2.45) is 11.1 Å². The second-order valence-corrected chi connectivity index (χ2v) is 6.04. The van der Waals surface area contributed by atoms with E-state index in [1.165, 1.54) is 7.11 Å². The molecule has 2 atom stereocenters. The fourth-order valence-electron chi connectivity index (χ4n) is 2.92. The maximum absolute atomic E-state index is 14.3. The zero-order valence-electron chi connectivity index (χ0n) is 11.4. The third-order valence-corrected chi connectivity index (χ3v) is 4.06. The second kappa shape index (κ2) is 4.88. The van der Waals surface area contributed by atoms with Crippen molar-refractivity contribution >= 4 is 0 Å². The molecule has 0 aromatic heterocycles. The Kier molecular flexibility index (Phi) is 3.62. The molecule has 1 aromatic carbocycles. The lowest BCUT2D eigenvalue weighted by atomic mass is 9.68. The van der Waals surface area contributed by atoms with Gasteiger partial charge in [0.2, 0.25) is 0 Å². The normalized spacial score (nSPS) is 26.9. The number of rotatable bonds is 2. The Morgan fingerprint density at radius 2 is 2.11 bits per heavy atom. The van der Waals surface area contributed by atoms with Gasteiger partial charge in [-0.05, 0) is 36.3 Å². The first-order valence-electron chi connectivity index (χ1n) is 6.52. The molecule has 0 heterocycles. The van der Waals surface area contributed by atoms with Crippen molar-refractivity contribution in [3.63, 3.8) is 0 Å². The number of hydrogen-bond donors (Lipinski definition) is 1. The number of nitrogens with two attached hydrogens (primary N) is 1. The highest BCUT2D eigenvalue weighted by atomic mass is 19.1. The van der Waals surface area contributed by atoms with Gasteiger partial charge in [-0.25, -0.2) is 4.39 Å². The van der Waals surface area contributed by atoms with Crippen molar-refractivity contribution in [1.82, 2.24) is 0 Å². The lowest BCUT2D eigenvalue weighted by Crippen LogP contribution is -2.38. The molecule has 100 valence electrons. The summed E-state index contributed by atoms with van der Waals surface area (Å²) in [5.74, 6) is 0.144. The molecule has 0 spiro atoms. The van der Waals surface area contributed by atoms with Crippen LogP contribution in [0.3, 0.4) is 0 Å². The van der Waals surface area contributed by atoms with E-state index < -0.39 is 0 Å². The molecule has 2 N–H and O–H groups in total. The minimum Gasteiger partial charge on any atom is -0.494 e. The Morgan fingerprint density at radius 1 is 1.39 bits per heavy atom. The number of methoxy groups -OCH3 is 1. The lowest BCUT2D eigenvalue weighted by Gasteiger charge is -2.39. The second-order valence-electron chi connectivity index (χ2n) is 6.04. The largest absolute Gasteiger partial charge is 0.494 e. The van der Waals surface area contributed by atoms with Crippen LogP contribution in [0, 0.1) is 11.2 Å². The van der Waals surface area contributed by atoms with E-state index in [-0.39, 0.29) is 23.2 Å². The first-order chi connectivity index (χ1) is 8.44. The van der Waals surface area contributed by atoms with Gasteiger partial charge >= 0.3 is 0 Å². The van der Waals surface area contributed by atoms with E-state index >= 15 is 0 Å². The Balaban J connectivity index is 2.35. The van der Waals surface area contributed by atoms with E-state index in [9.17, 15) is 4.39 Å². The molecule has 2 nitrogen and oxygen atoms in total. The molecular weight excluding hydrogens is 229 g/mol. The molecule has 1 saturated carbocycles. The third kappa shape index (κ3) is 2.51. The van der Waals surface area contributed by atoms with E-state index in [0.29, 0.717) is 11.3 Å². The van der Waals surface area contributed by atoms with Crippen molar-refractivity contribution in [3.8, 4) is 5.75 Å². The molecule has 3 heteroatoms. The van der Waals surface area contributed by atoms with Gasteiger partial charge in [0.25, 0.3) is 0 Å². The SMILES string of the molecule is COc1cccc(C2CC(C)(C)CCC2N)c1F. The Bertz CT molecular complexity index is 431. The standard InChI is InChI=1S/C15H22FNO/c1-15(2)8-7-12(17)11(9-15)10-5-4-6-13(18-3)14(10)16/h4-6,11-12H,7-9,17H2,1-3H3. The summed E-state index contributed by atoms with van der Waals surface area (Å²) in [5, 5.41) is 0. The number of benzene rings is 1. The van der Waals surface area contributed by atoms with Crippen molar-refractivity contribution in [3.05, 3.63) is 29.6 Å². The monoisotopic (exact) mass is 251 g/mol. The van der Waals surface area contributed by atoms with Crippen LogP contribution >= 0.6 is 0 Å². The van der Waals surface area contributed by atoms with E-state index in [1.54, 1.807) is 6.07 Å². The van der Waals surface area contributed by atoms with Crippen molar-refractivity contribution < 1.29 is 9.13 Å². The van der Waals surface area contributed by atoms with Gasteiger partial charge in [-0.15, -0.1) is 0 Å². The fraction of sp³-hybridized carbons (Fsp3) is 0.600. The summed E-state index contributed by atoms with van der Waals surface area (Å²) in [7, 11) is 1.49. The summed E-state index contributed by atoms with van der Waals surface area (Å²) in [4.78, 5) is 0. The Morgan fingerprint density at radius 3 is 2.78 bits per heavy atom. The first kappa shape index (κ1) is 13.3. The molecule has 0 radical (unpaired) electrons. The molecule has 1 aliphatic carbocycles. The van der Waals surface area contributed by atoms with Gasteiger partial charge in [0.1, 0.15) is 0 Å². The maximum atomic E-state index is 14.3. The average Bonchev–Trinajstić information content (AvgIpc) is 2.33. The van der Waals surface area contributed by atoms with Gasteiger partial charge in [-0.2, -0.15) is 0 Å². The first-order valence-corrected chi connectivity index (χ1v) is 6.52. The highest BCUT2D eigenvalue weighted by Crippen LogP contribution is 2.44. The summed E-state index contributed by atoms with van der Waals surface area (Å²) in [6.07, 6.45) is 2.99. The Labute approximate surface area is 108 Å². The highest BCUT2D eigenvalue weighted by Gasteiger charge is 2.35. The van der Waals surface area contributed by atoms with Crippen LogP contribution in [0.2, 0.25) is 0 Å². The predicted octanol–water partition coefficient (Wildman–Crippen LogP) is 3.46.